The molecule has 1 fully saturated rings. The lowest BCUT2D eigenvalue weighted by Crippen LogP contribution is -2.48. The van der Waals surface area contributed by atoms with E-state index in [1.807, 2.05) is 24.0 Å². The van der Waals surface area contributed by atoms with Crippen molar-refractivity contribution in [2.45, 2.75) is 13.0 Å². The van der Waals surface area contributed by atoms with E-state index in [1.165, 1.54) is 0 Å². The molecule has 0 saturated carbocycles. The van der Waals surface area contributed by atoms with Gasteiger partial charge in [0.05, 0.1) is 12.6 Å². The fraction of sp³-hybridized carbons (Fsp3) is 0.357. The highest BCUT2D eigenvalue weighted by Gasteiger charge is 2.26. The van der Waals surface area contributed by atoms with Crippen LogP contribution in [0.2, 0.25) is 5.02 Å². The van der Waals surface area contributed by atoms with Crippen LogP contribution in [0.15, 0.2) is 28.7 Å². The third-order valence-corrected chi connectivity index (χ3v) is 3.72. The lowest BCUT2D eigenvalue weighted by molar-refractivity contribution is -0.124. The summed E-state index contributed by atoms with van der Waals surface area (Å²) in [7, 11) is 0. The van der Waals surface area contributed by atoms with Crippen LogP contribution < -0.4 is 5.32 Å². The van der Waals surface area contributed by atoms with Crippen molar-refractivity contribution >= 4 is 17.5 Å². The second-order valence-electron chi connectivity index (χ2n) is 4.95. The first-order valence-corrected chi connectivity index (χ1v) is 7.11. The van der Waals surface area contributed by atoms with Gasteiger partial charge in [0, 0.05) is 23.7 Å². The maximum absolute atomic E-state index is 11.4. The first-order chi connectivity index (χ1) is 10.1. The molecule has 6 nitrogen and oxygen atoms in total. The van der Waals surface area contributed by atoms with E-state index in [0.29, 0.717) is 29.9 Å². The Hall–Kier alpha value is -1.92. The average Bonchev–Trinajstić information content (AvgIpc) is 2.96. The number of carbonyl (C=O) groups is 1. The number of halogens is 1. The first-order valence-electron chi connectivity index (χ1n) is 6.73. The Labute approximate surface area is 127 Å². The van der Waals surface area contributed by atoms with Crippen LogP contribution in [0.3, 0.4) is 0 Å². The topological polar surface area (TPSA) is 71.3 Å². The second kappa shape index (κ2) is 5.83. The summed E-state index contributed by atoms with van der Waals surface area (Å²) < 4.78 is 5.72. The molecule has 2 aromatic rings. The maximum atomic E-state index is 11.4. The molecule has 1 atom stereocenters. The first kappa shape index (κ1) is 14.0. The predicted molar refractivity (Wildman–Crippen MR) is 77.7 cm³/mol. The van der Waals surface area contributed by atoms with Crippen molar-refractivity contribution in [3.63, 3.8) is 0 Å². The molecule has 1 aromatic carbocycles. The molecule has 0 radical (unpaired) electrons. The highest BCUT2D eigenvalue weighted by molar-refractivity contribution is 6.30. The normalized spacial score (nSPS) is 17.5. The van der Waals surface area contributed by atoms with Crippen molar-refractivity contribution in [2.24, 2.45) is 0 Å². The van der Waals surface area contributed by atoms with E-state index in [9.17, 15) is 4.79 Å². The summed E-state index contributed by atoms with van der Waals surface area (Å²) in [5.41, 5.74) is 0.782. The lowest BCUT2D eigenvalue weighted by Gasteiger charge is -2.29. The van der Waals surface area contributed by atoms with Crippen LogP contribution in [-0.2, 0) is 4.79 Å². The summed E-state index contributed by atoms with van der Waals surface area (Å²) in [5, 5.41) is 11.6. The number of aromatic nitrogens is 2. The monoisotopic (exact) mass is 306 g/mol. The SMILES string of the molecule is C[C@@H](c1nnc(-c2cccc(Cl)c2)o1)N1CCNC(=O)C1. The summed E-state index contributed by atoms with van der Waals surface area (Å²) in [6.45, 7) is 3.70. The largest absolute Gasteiger partial charge is 0.419 e. The minimum absolute atomic E-state index is 0.0164. The van der Waals surface area contributed by atoms with Gasteiger partial charge in [0.15, 0.2) is 0 Å². The predicted octanol–water partition coefficient (Wildman–Crippen LogP) is 1.88. The van der Waals surface area contributed by atoms with Gasteiger partial charge < -0.3 is 9.73 Å². The molecule has 1 aliphatic rings. The van der Waals surface area contributed by atoms with Crippen LogP contribution in [0.1, 0.15) is 18.9 Å². The molecule has 1 amide bonds. The number of nitrogens with zero attached hydrogens (tertiary/aromatic N) is 3. The molecule has 2 heterocycles. The number of piperazine rings is 1. The number of carbonyl (C=O) groups excluding carboxylic acids is 1. The Balaban J connectivity index is 1.79. The van der Waals surface area contributed by atoms with E-state index in [0.717, 1.165) is 12.1 Å². The van der Waals surface area contributed by atoms with Gasteiger partial charge in [-0.25, -0.2) is 0 Å². The number of amides is 1. The van der Waals surface area contributed by atoms with Crippen LogP contribution >= 0.6 is 11.6 Å². The van der Waals surface area contributed by atoms with Crippen molar-refractivity contribution < 1.29 is 9.21 Å². The van der Waals surface area contributed by atoms with Gasteiger partial charge in [-0.2, -0.15) is 0 Å². The van der Waals surface area contributed by atoms with Crippen LogP contribution in [0, 0.1) is 0 Å². The van der Waals surface area contributed by atoms with Gasteiger partial charge in [0.1, 0.15) is 0 Å². The summed E-state index contributed by atoms with van der Waals surface area (Å²) in [5.74, 6) is 0.947. The standard InChI is InChI=1S/C14H15ClN4O2/c1-9(19-6-5-16-12(20)8-19)13-17-18-14(21-13)10-3-2-4-11(15)7-10/h2-4,7,9H,5-6,8H2,1H3,(H,16,20)/t9-/m0/s1. The molecule has 1 N–H and O–H groups in total. The smallest absolute Gasteiger partial charge is 0.247 e. The van der Waals surface area contributed by atoms with Crippen molar-refractivity contribution in [1.82, 2.24) is 20.4 Å². The molecule has 1 saturated heterocycles. The van der Waals surface area contributed by atoms with Gasteiger partial charge in [-0.1, -0.05) is 17.7 Å². The molecule has 0 aliphatic carbocycles. The van der Waals surface area contributed by atoms with E-state index < -0.39 is 0 Å². The number of hydrogen-bond acceptors (Lipinski definition) is 5. The van der Waals surface area contributed by atoms with Crippen LogP contribution in [-0.4, -0.2) is 40.6 Å². The molecule has 21 heavy (non-hydrogen) atoms. The number of hydrogen-bond donors (Lipinski definition) is 1. The fourth-order valence-electron chi connectivity index (χ4n) is 2.29. The van der Waals surface area contributed by atoms with Gasteiger partial charge >= 0.3 is 0 Å². The van der Waals surface area contributed by atoms with Gasteiger partial charge in [-0.15, -0.1) is 10.2 Å². The lowest BCUT2D eigenvalue weighted by atomic mass is 10.2. The van der Waals surface area contributed by atoms with E-state index in [4.69, 9.17) is 16.0 Å². The summed E-state index contributed by atoms with van der Waals surface area (Å²) >= 11 is 5.96. The zero-order valence-electron chi connectivity index (χ0n) is 11.5. The third-order valence-electron chi connectivity index (χ3n) is 3.49. The van der Waals surface area contributed by atoms with Crippen LogP contribution in [0.25, 0.3) is 11.5 Å². The van der Waals surface area contributed by atoms with E-state index >= 15 is 0 Å². The highest BCUT2D eigenvalue weighted by atomic mass is 35.5. The van der Waals surface area contributed by atoms with Gasteiger partial charge in [-0.05, 0) is 25.1 Å². The second-order valence-corrected chi connectivity index (χ2v) is 5.39. The van der Waals surface area contributed by atoms with Crippen molar-refractivity contribution in [3.8, 4) is 11.5 Å². The number of benzene rings is 1. The molecule has 110 valence electrons. The molecular formula is C14H15ClN4O2. The molecule has 3 rings (SSSR count). The van der Waals surface area contributed by atoms with Crippen molar-refractivity contribution in [1.29, 1.82) is 0 Å². The number of nitrogens with one attached hydrogen (secondary N) is 1. The van der Waals surface area contributed by atoms with E-state index in [2.05, 4.69) is 15.5 Å². The minimum atomic E-state index is -0.100. The zero-order chi connectivity index (χ0) is 14.8. The van der Waals surface area contributed by atoms with Crippen LogP contribution in [0.5, 0.6) is 0 Å². The molecule has 0 bridgehead atoms. The van der Waals surface area contributed by atoms with Gasteiger partial charge in [-0.3, -0.25) is 9.69 Å². The third kappa shape index (κ3) is 3.06. The summed E-state index contributed by atoms with van der Waals surface area (Å²) in [6, 6.07) is 7.16. The Morgan fingerprint density at radius 2 is 2.29 bits per heavy atom. The van der Waals surface area contributed by atoms with Crippen molar-refractivity contribution in [3.05, 3.63) is 35.2 Å². The Morgan fingerprint density at radius 3 is 3.05 bits per heavy atom. The maximum Gasteiger partial charge on any atom is 0.247 e. The summed E-state index contributed by atoms with van der Waals surface area (Å²) in [6.07, 6.45) is 0. The molecule has 0 spiro atoms. The van der Waals surface area contributed by atoms with Gasteiger partial charge in [0.2, 0.25) is 17.7 Å². The highest BCUT2D eigenvalue weighted by Crippen LogP contribution is 2.25. The average molecular weight is 307 g/mol. The minimum Gasteiger partial charge on any atom is -0.419 e. The fourth-order valence-corrected chi connectivity index (χ4v) is 2.48. The molecule has 0 unspecified atom stereocenters. The number of rotatable bonds is 3. The summed E-state index contributed by atoms with van der Waals surface area (Å²) in [4.78, 5) is 13.4. The molecule has 1 aromatic heterocycles. The quantitative estimate of drug-likeness (QED) is 0.937. The Morgan fingerprint density at radius 1 is 1.43 bits per heavy atom. The van der Waals surface area contributed by atoms with E-state index in [-0.39, 0.29) is 11.9 Å². The van der Waals surface area contributed by atoms with E-state index in [1.54, 1.807) is 12.1 Å². The molecular weight excluding hydrogens is 292 g/mol. The van der Waals surface area contributed by atoms with Crippen LogP contribution in [0.4, 0.5) is 0 Å². The molecule has 1 aliphatic heterocycles. The Kier molecular flexibility index (Phi) is 3.90. The Bertz CT molecular complexity index is 658. The van der Waals surface area contributed by atoms with Crippen molar-refractivity contribution in [2.75, 3.05) is 19.6 Å². The van der Waals surface area contributed by atoms with Gasteiger partial charge in [0.25, 0.3) is 0 Å². The molecule has 7 heteroatoms. The zero-order valence-corrected chi connectivity index (χ0v) is 12.3.